The molecule has 1 fully saturated rings. The quantitative estimate of drug-likeness (QED) is 0.843. The van der Waals surface area contributed by atoms with Gasteiger partial charge in [0.25, 0.3) is 10.0 Å². The topological polar surface area (TPSA) is 104 Å². The smallest absolute Gasteiger partial charge is 0.257 e. The molecule has 1 aliphatic heterocycles. The lowest BCUT2D eigenvalue weighted by Crippen LogP contribution is -2.32. The van der Waals surface area contributed by atoms with Crippen molar-refractivity contribution < 1.29 is 8.42 Å². The maximum Gasteiger partial charge on any atom is 0.257 e. The molecule has 2 aromatic heterocycles. The van der Waals surface area contributed by atoms with Crippen LogP contribution >= 0.6 is 0 Å². The normalized spacial score (nSPS) is 15.8. The fourth-order valence-corrected chi connectivity index (χ4v) is 3.48. The van der Waals surface area contributed by atoms with Crippen LogP contribution in [-0.2, 0) is 16.6 Å². The molecule has 1 aliphatic rings. The second-order valence-corrected chi connectivity index (χ2v) is 7.32. The molecular formula is C14H20N6O2S. The minimum atomic E-state index is -3.61. The molecule has 0 aromatic carbocycles. The number of hydrogen-bond acceptors (Lipinski definition) is 6. The van der Waals surface area contributed by atoms with Crippen molar-refractivity contribution in [2.45, 2.75) is 37.8 Å². The van der Waals surface area contributed by atoms with Gasteiger partial charge in [0.15, 0.2) is 5.03 Å². The molecule has 0 unspecified atom stereocenters. The Balaban J connectivity index is 1.74. The predicted octanol–water partition coefficient (Wildman–Crippen LogP) is 0.977. The van der Waals surface area contributed by atoms with Crippen LogP contribution in [0.2, 0.25) is 0 Å². The first-order chi connectivity index (χ1) is 11.0. The van der Waals surface area contributed by atoms with E-state index >= 15 is 0 Å². The van der Waals surface area contributed by atoms with Crippen LogP contribution in [0.1, 0.15) is 30.7 Å². The fourth-order valence-electron chi connectivity index (χ4n) is 2.58. The van der Waals surface area contributed by atoms with Gasteiger partial charge < -0.3 is 9.88 Å². The van der Waals surface area contributed by atoms with Crippen LogP contribution in [0.3, 0.4) is 0 Å². The maximum absolute atomic E-state index is 12.1. The Labute approximate surface area is 135 Å². The zero-order valence-corrected chi connectivity index (χ0v) is 13.8. The molecule has 0 atom stereocenters. The maximum atomic E-state index is 12.1. The molecule has 0 amide bonds. The number of aryl methyl sites for hydroxylation is 1. The molecule has 9 heteroatoms. The summed E-state index contributed by atoms with van der Waals surface area (Å²) in [5.74, 6) is 0.681. The number of hydrogen-bond donors (Lipinski definition) is 2. The summed E-state index contributed by atoms with van der Waals surface area (Å²) in [5.41, 5.74) is 1.48. The van der Waals surface area contributed by atoms with Crippen molar-refractivity contribution in [2.75, 3.05) is 18.0 Å². The van der Waals surface area contributed by atoms with Crippen LogP contribution in [0.5, 0.6) is 0 Å². The highest BCUT2D eigenvalue weighted by molar-refractivity contribution is 7.89. The minimum Gasteiger partial charge on any atom is -0.341 e. The van der Waals surface area contributed by atoms with Crippen LogP contribution < -0.4 is 9.62 Å². The number of aromatic nitrogens is 4. The van der Waals surface area contributed by atoms with E-state index in [4.69, 9.17) is 0 Å². The molecule has 0 bridgehead atoms. The fraction of sp³-hybridized carbons (Fsp3) is 0.500. The SMILES string of the molecule is Cc1cc(CNS(=O)(=O)c2cnc[nH]2)nc(N2CCCCC2)n1. The first-order valence-electron chi connectivity index (χ1n) is 7.62. The van der Waals surface area contributed by atoms with E-state index in [0.717, 1.165) is 31.6 Å². The Bertz CT molecular complexity index is 754. The molecule has 3 rings (SSSR count). The summed E-state index contributed by atoms with van der Waals surface area (Å²) in [4.78, 5) is 17.4. The zero-order valence-electron chi connectivity index (χ0n) is 13.0. The lowest BCUT2D eigenvalue weighted by Gasteiger charge is -2.27. The molecule has 0 radical (unpaired) electrons. The third kappa shape index (κ3) is 3.85. The summed E-state index contributed by atoms with van der Waals surface area (Å²) >= 11 is 0. The number of piperidine rings is 1. The highest BCUT2D eigenvalue weighted by Crippen LogP contribution is 2.17. The van der Waals surface area contributed by atoms with Gasteiger partial charge in [0.1, 0.15) is 0 Å². The van der Waals surface area contributed by atoms with E-state index in [9.17, 15) is 8.42 Å². The van der Waals surface area contributed by atoms with Gasteiger partial charge in [-0.15, -0.1) is 0 Å². The number of nitrogens with one attached hydrogen (secondary N) is 2. The van der Waals surface area contributed by atoms with Gasteiger partial charge >= 0.3 is 0 Å². The molecule has 0 saturated carbocycles. The highest BCUT2D eigenvalue weighted by Gasteiger charge is 2.17. The van der Waals surface area contributed by atoms with Crippen LogP contribution in [-0.4, -0.2) is 41.4 Å². The molecule has 0 spiro atoms. The van der Waals surface area contributed by atoms with Crippen LogP contribution in [0.4, 0.5) is 5.95 Å². The van der Waals surface area contributed by atoms with Gasteiger partial charge in [-0.1, -0.05) is 0 Å². The van der Waals surface area contributed by atoms with E-state index < -0.39 is 10.0 Å². The van der Waals surface area contributed by atoms with E-state index in [-0.39, 0.29) is 11.6 Å². The van der Waals surface area contributed by atoms with Crippen LogP contribution in [0.25, 0.3) is 0 Å². The first-order valence-corrected chi connectivity index (χ1v) is 9.10. The second kappa shape index (κ2) is 6.63. The average Bonchev–Trinajstić information content (AvgIpc) is 3.09. The number of H-pyrrole nitrogens is 1. The van der Waals surface area contributed by atoms with Crippen LogP contribution in [0.15, 0.2) is 23.6 Å². The molecule has 2 aromatic rings. The molecule has 0 aliphatic carbocycles. The standard InChI is InChI=1S/C14H20N6O2S/c1-11-7-12(8-17-23(21,22)13-9-15-10-16-13)19-14(18-11)20-5-3-2-4-6-20/h7,9-10,17H,2-6,8H2,1H3,(H,15,16). The summed E-state index contributed by atoms with van der Waals surface area (Å²) in [6, 6.07) is 1.79. The lowest BCUT2D eigenvalue weighted by molar-refractivity contribution is 0.565. The summed E-state index contributed by atoms with van der Waals surface area (Å²) in [6.07, 6.45) is 6.11. The number of nitrogens with zero attached hydrogens (tertiary/aromatic N) is 4. The third-order valence-corrected chi connectivity index (χ3v) is 5.07. The van der Waals surface area contributed by atoms with E-state index in [1.54, 1.807) is 6.07 Å². The van der Waals surface area contributed by atoms with Gasteiger partial charge in [-0.25, -0.2) is 28.1 Å². The number of sulfonamides is 1. The number of rotatable bonds is 5. The predicted molar refractivity (Wildman–Crippen MR) is 85.4 cm³/mol. The molecule has 8 nitrogen and oxygen atoms in total. The van der Waals surface area contributed by atoms with Crippen molar-refractivity contribution in [3.63, 3.8) is 0 Å². The molecule has 3 heterocycles. The van der Waals surface area contributed by atoms with Crippen LogP contribution in [0, 0.1) is 6.92 Å². The molecule has 23 heavy (non-hydrogen) atoms. The van der Waals surface area contributed by atoms with E-state index in [1.807, 2.05) is 6.92 Å². The van der Waals surface area contributed by atoms with E-state index in [1.165, 1.54) is 18.9 Å². The lowest BCUT2D eigenvalue weighted by atomic mass is 10.1. The highest BCUT2D eigenvalue weighted by atomic mass is 32.2. The number of anilines is 1. The molecular weight excluding hydrogens is 316 g/mol. The van der Waals surface area contributed by atoms with Gasteiger partial charge in [-0.05, 0) is 32.3 Å². The number of imidazole rings is 1. The van der Waals surface area contributed by atoms with E-state index in [2.05, 4.69) is 29.6 Å². The Morgan fingerprint density at radius 2 is 2.04 bits per heavy atom. The molecule has 1 saturated heterocycles. The molecule has 124 valence electrons. The Morgan fingerprint density at radius 3 is 2.74 bits per heavy atom. The van der Waals surface area contributed by atoms with E-state index in [0.29, 0.717) is 11.6 Å². The van der Waals surface area contributed by atoms with Crippen molar-refractivity contribution in [1.29, 1.82) is 0 Å². The van der Waals surface area contributed by atoms with Gasteiger partial charge in [0.05, 0.1) is 24.8 Å². The number of aromatic amines is 1. The van der Waals surface area contributed by atoms with Crippen molar-refractivity contribution in [3.05, 3.63) is 30.0 Å². The van der Waals surface area contributed by atoms with Gasteiger partial charge in [0.2, 0.25) is 5.95 Å². The van der Waals surface area contributed by atoms with Crippen molar-refractivity contribution in [3.8, 4) is 0 Å². The Kier molecular flexibility index (Phi) is 4.58. The zero-order chi connectivity index (χ0) is 16.3. The second-order valence-electron chi connectivity index (χ2n) is 5.59. The third-order valence-electron chi connectivity index (χ3n) is 3.74. The molecule has 2 N–H and O–H groups in total. The van der Waals surface area contributed by atoms with Gasteiger partial charge in [-0.3, -0.25) is 0 Å². The minimum absolute atomic E-state index is 0.0412. The summed E-state index contributed by atoms with van der Waals surface area (Å²) in [7, 11) is -3.61. The Morgan fingerprint density at radius 1 is 1.26 bits per heavy atom. The summed E-state index contributed by atoms with van der Waals surface area (Å²) < 4.78 is 26.7. The Hall–Kier alpha value is -2.00. The average molecular weight is 336 g/mol. The summed E-state index contributed by atoms with van der Waals surface area (Å²) in [6.45, 7) is 3.90. The summed E-state index contributed by atoms with van der Waals surface area (Å²) in [5, 5.41) is 0.0412. The van der Waals surface area contributed by atoms with Gasteiger partial charge in [0, 0.05) is 18.8 Å². The van der Waals surface area contributed by atoms with Crippen molar-refractivity contribution in [1.82, 2.24) is 24.7 Å². The van der Waals surface area contributed by atoms with Gasteiger partial charge in [-0.2, -0.15) is 0 Å². The van der Waals surface area contributed by atoms with Crippen molar-refractivity contribution in [2.24, 2.45) is 0 Å². The first kappa shape index (κ1) is 15.9. The monoisotopic (exact) mass is 336 g/mol. The van der Waals surface area contributed by atoms with Crippen molar-refractivity contribution >= 4 is 16.0 Å². The largest absolute Gasteiger partial charge is 0.341 e.